The van der Waals surface area contributed by atoms with Crippen molar-refractivity contribution in [1.82, 2.24) is 9.13 Å². The van der Waals surface area contributed by atoms with Gasteiger partial charge in [-0.15, -0.1) is 0 Å². The van der Waals surface area contributed by atoms with Gasteiger partial charge in [0.15, 0.2) is 0 Å². The lowest BCUT2D eigenvalue weighted by Gasteiger charge is -2.11. The Morgan fingerprint density at radius 3 is 2.56 bits per heavy atom. The summed E-state index contributed by atoms with van der Waals surface area (Å²) in [6, 6.07) is 6.02. The lowest BCUT2D eigenvalue weighted by molar-refractivity contribution is 0.150. The molecular formula is C13H15FN2O2. The van der Waals surface area contributed by atoms with Crippen LogP contribution in [0.25, 0.3) is 0 Å². The first-order valence-electron chi connectivity index (χ1n) is 5.81. The largest absolute Gasteiger partial charge is 0.386 e. The average Bonchev–Trinajstić information content (AvgIpc) is 2.71. The van der Waals surface area contributed by atoms with Gasteiger partial charge in [-0.2, -0.15) is 0 Å². The molecular weight excluding hydrogens is 235 g/mol. The van der Waals surface area contributed by atoms with Gasteiger partial charge in [-0.25, -0.2) is 9.18 Å². The third-order valence-electron chi connectivity index (χ3n) is 2.89. The molecule has 0 aliphatic carbocycles. The van der Waals surface area contributed by atoms with E-state index >= 15 is 0 Å². The molecule has 4 nitrogen and oxygen atoms in total. The molecule has 96 valence electrons. The highest BCUT2D eigenvalue weighted by Crippen LogP contribution is 2.17. The van der Waals surface area contributed by atoms with Gasteiger partial charge >= 0.3 is 5.69 Å². The highest BCUT2D eigenvalue weighted by molar-refractivity contribution is 5.19. The molecule has 0 aliphatic rings. The maximum atomic E-state index is 13.5. The van der Waals surface area contributed by atoms with E-state index in [9.17, 15) is 14.3 Å². The molecule has 1 aromatic heterocycles. The molecule has 2 rings (SSSR count). The second kappa shape index (κ2) is 5.18. The van der Waals surface area contributed by atoms with Gasteiger partial charge in [0, 0.05) is 24.5 Å². The number of hydrogen-bond donors (Lipinski definition) is 1. The van der Waals surface area contributed by atoms with Gasteiger partial charge in [0.05, 0.1) is 12.6 Å². The number of imidazole rings is 1. The van der Waals surface area contributed by atoms with Gasteiger partial charge in [0.1, 0.15) is 5.82 Å². The van der Waals surface area contributed by atoms with Crippen molar-refractivity contribution in [2.75, 3.05) is 0 Å². The van der Waals surface area contributed by atoms with Crippen molar-refractivity contribution in [2.45, 2.75) is 26.1 Å². The smallest absolute Gasteiger partial charge is 0.328 e. The van der Waals surface area contributed by atoms with Crippen molar-refractivity contribution >= 4 is 0 Å². The molecule has 0 aliphatic heterocycles. The van der Waals surface area contributed by atoms with Crippen LogP contribution in [0, 0.1) is 5.82 Å². The van der Waals surface area contributed by atoms with Crippen molar-refractivity contribution < 1.29 is 9.50 Å². The van der Waals surface area contributed by atoms with Crippen molar-refractivity contribution in [2.24, 2.45) is 0 Å². The topological polar surface area (TPSA) is 47.2 Å². The van der Waals surface area contributed by atoms with Crippen LogP contribution in [-0.2, 0) is 13.1 Å². The Hall–Kier alpha value is -1.88. The highest BCUT2D eigenvalue weighted by Gasteiger charge is 2.14. The number of aliphatic hydroxyl groups is 1. The normalized spacial score (nSPS) is 12.6. The van der Waals surface area contributed by atoms with Crippen LogP contribution in [0.1, 0.15) is 18.6 Å². The quantitative estimate of drug-likeness (QED) is 0.894. The Kier molecular flexibility index (Phi) is 3.62. The summed E-state index contributed by atoms with van der Waals surface area (Å²) in [5.74, 6) is -0.465. The molecule has 0 saturated carbocycles. The monoisotopic (exact) mass is 250 g/mol. The Morgan fingerprint density at radius 1 is 1.28 bits per heavy atom. The summed E-state index contributed by atoms with van der Waals surface area (Å²) in [6.45, 7) is 2.48. The maximum Gasteiger partial charge on any atom is 0.328 e. The predicted molar refractivity (Wildman–Crippen MR) is 65.7 cm³/mol. The number of aliphatic hydroxyl groups excluding tert-OH is 1. The molecule has 0 radical (unpaired) electrons. The molecule has 1 unspecified atom stereocenters. The van der Waals surface area contributed by atoms with Crippen LogP contribution in [0.2, 0.25) is 0 Å². The zero-order chi connectivity index (χ0) is 13.1. The van der Waals surface area contributed by atoms with E-state index in [1.54, 1.807) is 24.5 Å². The molecule has 1 atom stereocenters. The zero-order valence-corrected chi connectivity index (χ0v) is 10.1. The van der Waals surface area contributed by atoms with Gasteiger partial charge < -0.3 is 5.11 Å². The van der Waals surface area contributed by atoms with Crippen molar-refractivity contribution in [3.8, 4) is 0 Å². The first-order chi connectivity index (χ1) is 8.63. The van der Waals surface area contributed by atoms with E-state index in [1.165, 1.54) is 21.3 Å². The van der Waals surface area contributed by atoms with Crippen LogP contribution in [0.5, 0.6) is 0 Å². The molecule has 0 amide bonds. The number of aryl methyl sites for hydroxylation is 1. The molecule has 1 heterocycles. The van der Waals surface area contributed by atoms with Gasteiger partial charge in [0.25, 0.3) is 0 Å². The van der Waals surface area contributed by atoms with E-state index < -0.39 is 11.9 Å². The minimum Gasteiger partial charge on any atom is -0.386 e. The SMILES string of the molecule is CCn1ccn(CC(O)c2ccccc2F)c1=O. The lowest BCUT2D eigenvalue weighted by atomic mass is 10.1. The van der Waals surface area contributed by atoms with E-state index in [2.05, 4.69) is 0 Å². The first-order valence-corrected chi connectivity index (χ1v) is 5.81. The van der Waals surface area contributed by atoms with Crippen LogP contribution in [0.3, 0.4) is 0 Å². The zero-order valence-electron chi connectivity index (χ0n) is 10.1. The first kappa shape index (κ1) is 12.6. The molecule has 0 fully saturated rings. The summed E-state index contributed by atoms with van der Waals surface area (Å²) in [5, 5.41) is 9.95. The van der Waals surface area contributed by atoms with Crippen LogP contribution in [0.4, 0.5) is 4.39 Å². The van der Waals surface area contributed by atoms with E-state index in [4.69, 9.17) is 0 Å². The van der Waals surface area contributed by atoms with E-state index in [0.29, 0.717) is 6.54 Å². The van der Waals surface area contributed by atoms with Crippen molar-refractivity contribution in [1.29, 1.82) is 0 Å². The average molecular weight is 250 g/mol. The Bertz CT molecular complexity index is 589. The molecule has 18 heavy (non-hydrogen) atoms. The molecule has 0 saturated heterocycles. The van der Waals surface area contributed by atoms with Crippen LogP contribution in [0.15, 0.2) is 41.5 Å². The second-order valence-corrected chi connectivity index (χ2v) is 4.06. The van der Waals surface area contributed by atoms with Gasteiger partial charge in [-0.05, 0) is 13.0 Å². The minimum absolute atomic E-state index is 0.0484. The molecule has 2 aromatic rings. The summed E-state index contributed by atoms with van der Waals surface area (Å²) in [5.41, 5.74) is 0.00142. The number of nitrogens with zero attached hydrogens (tertiary/aromatic N) is 2. The number of benzene rings is 1. The second-order valence-electron chi connectivity index (χ2n) is 4.06. The third kappa shape index (κ3) is 2.36. The van der Waals surface area contributed by atoms with Crippen LogP contribution >= 0.6 is 0 Å². The standard InChI is InChI=1S/C13H15FN2O2/c1-2-15-7-8-16(13(15)18)9-12(17)10-5-3-4-6-11(10)14/h3-8,12,17H,2,9H2,1H3. The van der Waals surface area contributed by atoms with Crippen molar-refractivity contribution in [3.63, 3.8) is 0 Å². The summed E-state index contributed by atoms with van der Waals surface area (Å²) >= 11 is 0. The third-order valence-corrected chi connectivity index (χ3v) is 2.89. The fraction of sp³-hybridized carbons (Fsp3) is 0.308. The lowest BCUT2D eigenvalue weighted by Crippen LogP contribution is -2.25. The Labute approximate surface area is 104 Å². The summed E-state index contributed by atoms with van der Waals surface area (Å²) in [6.07, 6.45) is 2.21. The fourth-order valence-corrected chi connectivity index (χ4v) is 1.86. The Balaban J connectivity index is 2.21. The number of hydrogen-bond acceptors (Lipinski definition) is 2. The van der Waals surface area contributed by atoms with Gasteiger partial charge in [0.2, 0.25) is 0 Å². The predicted octanol–water partition coefficient (Wildman–Crippen LogP) is 1.54. The molecule has 5 heteroatoms. The molecule has 1 aromatic carbocycles. The van der Waals surface area contributed by atoms with E-state index in [1.807, 2.05) is 6.92 Å². The maximum absolute atomic E-state index is 13.5. The summed E-state index contributed by atoms with van der Waals surface area (Å²) < 4.78 is 16.4. The number of halogens is 1. The van der Waals surface area contributed by atoms with Crippen LogP contribution < -0.4 is 5.69 Å². The summed E-state index contributed by atoms with van der Waals surface area (Å²) in [4.78, 5) is 11.8. The van der Waals surface area contributed by atoms with E-state index in [-0.39, 0.29) is 17.8 Å². The highest BCUT2D eigenvalue weighted by atomic mass is 19.1. The van der Waals surface area contributed by atoms with Gasteiger partial charge in [-0.1, -0.05) is 18.2 Å². The molecule has 0 bridgehead atoms. The molecule has 0 spiro atoms. The van der Waals surface area contributed by atoms with Crippen molar-refractivity contribution in [3.05, 3.63) is 58.5 Å². The minimum atomic E-state index is -1.03. The Morgan fingerprint density at radius 2 is 1.94 bits per heavy atom. The fourth-order valence-electron chi connectivity index (χ4n) is 1.86. The van der Waals surface area contributed by atoms with Gasteiger partial charge in [-0.3, -0.25) is 9.13 Å². The van der Waals surface area contributed by atoms with Crippen LogP contribution in [-0.4, -0.2) is 14.2 Å². The number of rotatable bonds is 4. The van der Waals surface area contributed by atoms with E-state index in [0.717, 1.165) is 0 Å². The summed E-state index contributed by atoms with van der Waals surface area (Å²) in [7, 11) is 0. The molecule has 1 N–H and O–H groups in total. The number of aromatic nitrogens is 2.